The van der Waals surface area contributed by atoms with Gasteiger partial charge in [0.15, 0.2) is 0 Å². The second kappa shape index (κ2) is 8.25. The zero-order chi connectivity index (χ0) is 23.2. The van der Waals surface area contributed by atoms with E-state index < -0.39 is 27.3 Å². The molecule has 5 rings (SSSR count). The maximum atomic E-state index is 13.3. The molecule has 0 atom stereocenters. The molecule has 3 aromatic rings. The summed E-state index contributed by atoms with van der Waals surface area (Å²) in [5.41, 5.74) is -1.34. The van der Waals surface area contributed by atoms with Gasteiger partial charge in [0.25, 0.3) is 5.91 Å². The first kappa shape index (κ1) is 22.1. The molecule has 8 nitrogen and oxygen atoms in total. The molecule has 0 bridgehead atoms. The molecule has 2 aromatic carbocycles. The highest BCUT2D eigenvalue weighted by Gasteiger charge is 2.51. The first-order chi connectivity index (χ1) is 15.8. The molecule has 1 aromatic heterocycles. The number of sulfonamides is 1. The molecule has 1 amide bonds. The standard InChI is InChI=1S/C23H21ClN2O6S/c24-17-5-7-18(8-6-17)33(29,30)26-13-14-31-23(26)9-11-25(12-10-23)21(27)19-15-16-3-1-2-4-20(16)32-22(19)28/h1-8,15H,9-14H2. The van der Waals surface area contributed by atoms with Gasteiger partial charge < -0.3 is 14.1 Å². The zero-order valence-electron chi connectivity index (χ0n) is 17.6. The Hall–Kier alpha value is -2.72. The van der Waals surface area contributed by atoms with Crippen LogP contribution in [0.25, 0.3) is 11.0 Å². The number of fused-ring (bicyclic) bond motifs is 1. The highest BCUT2D eigenvalue weighted by Crippen LogP contribution is 2.38. The number of hydrogen-bond donors (Lipinski definition) is 0. The van der Waals surface area contributed by atoms with Gasteiger partial charge in [-0.05, 0) is 36.4 Å². The van der Waals surface area contributed by atoms with Crippen molar-refractivity contribution in [1.82, 2.24) is 9.21 Å². The fourth-order valence-corrected chi connectivity index (χ4v) is 6.35. The molecule has 0 radical (unpaired) electrons. The largest absolute Gasteiger partial charge is 0.422 e. The second-order valence-corrected chi connectivity index (χ2v) is 10.4. The van der Waals surface area contributed by atoms with E-state index in [2.05, 4.69) is 0 Å². The Morgan fingerprint density at radius 1 is 1.00 bits per heavy atom. The second-order valence-electron chi connectivity index (χ2n) is 8.10. The van der Waals surface area contributed by atoms with Gasteiger partial charge in [0.1, 0.15) is 16.9 Å². The molecular formula is C23H21ClN2O6S. The molecule has 2 aliphatic heterocycles. The van der Waals surface area contributed by atoms with Gasteiger partial charge in [-0.2, -0.15) is 4.31 Å². The molecule has 2 fully saturated rings. The molecule has 0 aliphatic carbocycles. The van der Waals surface area contributed by atoms with E-state index in [1.807, 2.05) is 0 Å². The van der Waals surface area contributed by atoms with E-state index in [4.69, 9.17) is 20.8 Å². The number of nitrogens with zero attached hydrogens (tertiary/aromatic N) is 2. The number of piperidine rings is 1. The smallest absolute Gasteiger partial charge is 0.349 e. The van der Waals surface area contributed by atoms with Crippen molar-refractivity contribution in [3.63, 3.8) is 0 Å². The summed E-state index contributed by atoms with van der Waals surface area (Å²) in [6.45, 7) is 0.998. The number of rotatable bonds is 3. The number of halogens is 1. The van der Waals surface area contributed by atoms with Crippen LogP contribution in [0.5, 0.6) is 0 Å². The molecule has 33 heavy (non-hydrogen) atoms. The minimum Gasteiger partial charge on any atom is -0.422 e. The van der Waals surface area contributed by atoms with Gasteiger partial charge in [-0.1, -0.05) is 29.8 Å². The molecule has 2 aliphatic rings. The number of likely N-dealkylation sites (tertiary alicyclic amines) is 1. The fourth-order valence-electron chi connectivity index (χ4n) is 4.50. The topological polar surface area (TPSA) is 97.1 Å². The summed E-state index contributed by atoms with van der Waals surface area (Å²) in [5.74, 6) is -0.436. The van der Waals surface area contributed by atoms with Crippen molar-refractivity contribution < 1.29 is 22.4 Å². The summed E-state index contributed by atoms with van der Waals surface area (Å²) in [4.78, 5) is 27.2. The lowest BCUT2D eigenvalue weighted by Gasteiger charge is -2.42. The summed E-state index contributed by atoms with van der Waals surface area (Å²) >= 11 is 5.90. The number of carbonyl (C=O) groups is 1. The quantitative estimate of drug-likeness (QED) is 0.525. The van der Waals surface area contributed by atoms with Crippen molar-refractivity contribution in [3.05, 3.63) is 75.6 Å². The molecule has 2 saturated heterocycles. The van der Waals surface area contributed by atoms with Gasteiger partial charge in [0, 0.05) is 42.9 Å². The van der Waals surface area contributed by atoms with Gasteiger partial charge in [-0.3, -0.25) is 4.79 Å². The summed E-state index contributed by atoms with van der Waals surface area (Å²) in [6.07, 6.45) is 0.592. The van der Waals surface area contributed by atoms with Crippen LogP contribution in [0.1, 0.15) is 23.2 Å². The number of ether oxygens (including phenoxy) is 1. The average Bonchev–Trinajstić information content (AvgIpc) is 3.23. The van der Waals surface area contributed by atoms with Crippen LogP contribution in [0, 0.1) is 0 Å². The Morgan fingerprint density at radius 2 is 1.70 bits per heavy atom. The highest BCUT2D eigenvalue weighted by atomic mass is 35.5. The summed E-state index contributed by atoms with van der Waals surface area (Å²) in [6, 6.07) is 14.5. The van der Waals surface area contributed by atoms with Gasteiger partial charge in [0.2, 0.25) is 10.0 Å². The van der Waals surface area contributed by atoms with Crippen LogP contribution in [-0.2, 0) is 14.8 Å². The summed E-state index contributed by atoms with van der Waals surface area (Å²) in [7, 11) is -3.80. The van der Waals surface area contributed by atoms with Crippen LogP contribution in [0.3, 0.4) is 0 Å². The Balaban J connectivity index is 1.37. The third-order valence-electron chi connectivity index (χ3n) is 6.23. The van der Waals surface area contributed by atoms with Crippen molar-refractivity contribution >= 4 is 38.5 Å². The maximum Gasteiger partial charge on any atom is 0.349 e. The van der Waals surface area contributed by atoms with Crippen LogP contribution in [0.15, 0.2) is 68.7 Å². The third-order valence-corrected chi connectivity index (χ3v) is 8.44. The van der Waals surface area contributed by atoms with Crippen LogP contribution in [0.2, 0.25) is 5.02 Å². The van der Waals surface area contributed by atoms with Crippen LogP contribution in [-0.4, -0.2) is 55.5 Å². The lowest BCUT2D eigenvalue weighted by atomic mass is 10.00. The Bertz CT molecular complexity index is 1380. The van der Waals surface area contributed by atoms with E-state index in [-0.39, 0.29) is 36.7 Å². The number of para-hydroxylation sites is 1. The van der Waals surface area contributed by atoms with E-state index in [9.17, 15) is 18.0 Å². The van der Waals surface area contributed by atoms with Gasteiger partial charge in [-0.25, -0.2) is 13.2 Å². The number of amides is 1. The van der Waals surface area contributed by atoms with E-state index in [1.54, 1.807) is 29.2 Å². The van der Waals surface area contributed by atoms with Gasteiger partial charge >= 0.3 is 5.63 Å². The zero-order valence-corrected chi connectivity index (χ0v) is 19.1. The summed E-state index contributed by atoms with van der Waals surface area (Å²) in [5, 5.41) is 1.11. The van der Waals surface area contributed by atoms with Crippen molar-refractivity contribution in [1.29, 1.82) is 0 Å². The van der Waals surface area contributed by atoms with Crippen LogP contribution >= 0.6 is 11.6 Å². The predicted molar refractivity (Wildman–Crippen MR) is 122 cm³/mol. The minimum atomic E-state index is -3.80. The Labute approximate surface area is 195 Å². The molecule has 0 unspecified atom stereocenters. The van der Waals surface area contributed by atoms with Crippen molar-refractivity contribution in [3.8, 4) is 0 Å². The van der Waals surface area contributed by atoms with E-state index in [0.717, 1.165) is 0 Å². The SMILES string of the molecule is O=C(c1cc2ccccc2oc1=O)N1CCC2(CC1)OCCN2S(=O)(=O)c1ccc(Cl)cc1. The Kier molecular flexibility index (Phi) is 5.52. The lowest BCUT2D eigenvalue weighted by molar-refractivity contribution is -0.0857. The summed E-state index contributed by atoms with van der Waals surface area (Å²) < 4.78 is 39.2. The number of hydrogen-bond acceptors (Lipinski definition) is 6. The number of carbonyl (C=O) groups excluding carboxylic acids is 1. The first-order valence-electron chi connectivity index (χ1n) is 10.5. The van der Waals surface area contributed by atoms with E-state index in [1.165, 1.54) is 34.6 Å². The van der Waals surface area contributed by atoms with Gasteiger partial charge in [0.05, 0.1) is 11.5 Å². The molecule has 1 spiro atoms. The first-order valence-corrected chi connectivity index (χ1v) is 12.4. The number of benzene rings is 2. The van der Waals surface area contributed by atoms with Crippen molar-refractivity contribution in [2.24, 2.45) is 0 Å². The monoisotopic (exact) mass is 488 g/mol. The fraction of sp³-hybridized carbons (Fsp3) is 0.304. The molecular weight excluding hydrogens is 468 g/mol. The third kappa shape index (κ3) is 3.85. The van der Waals surface area contributed by atoms with Gasteiger partial charge in [-0.15, -0.1) is 0 Å². The van der Waals surface area contributed by atoms with Crippen molar-refractivity contribution in [2.45, 2.75) is 23.5 Å². The van der Waals surface area contributed by atoms with Crippen LogP contribution in [0.4, 0.5) is 0 Å². The molecule has 10 heteroatoms. The average molecular weight is 489 g/mol. The lowest BCUT2D eigenvalue weighted by Crippen LogP contribution is -2.55. The molecule has 0 saturated carbocycles. The van der Waals surface area contributed by atoms with Crippen LogP contribution < -0.4 is 5.63 Å². The van der Waals surface area contributed by atoms with E-state index in [0.29, 0.717) is 28.8 Å². The minimum absolute atomic E-state index is 0.0392. The highest BCUT2D eigenvalue weighted by molar-refractivity contribution is 7.89. The van der Waals surface area contributed by atoms with Crippen molar-refractivity contribution in [2.75, 3.05) is 26.2 Å². The predicted octanol–water partition coefficient (Wildman–Crippen LogP) is 3.10. The maximum absolute atomic E-state index is 13.3. The normalized spacial score (nSPS) is 18.8. The Morgan fingerprint density at radius 3 is 2.42 bits per heavy atom. The van der Waals surface area contributed by atoms with E-state index >= 15 is 0 Å². The molecule has 3 heterocycles. The molecule has 0 N–H and O–H groups in total. The molecule has 172 valence electrons.